The van der Waals surface area contributed by atoms with Gasteiger partial charge in [-0.05, 0) is 30.3 Å². The zero-order chi connectivity index (χ0) is 19.3. The molecule has 138 valence electrons. The third-order valence-corrected chi connectivity index (χ3v) is 5.18. The molecule has 2 aromatic carbocycles. The molecule has 28 heavy (non-hydrogen) atoms. The van der Waals surface area contributed by atoms with Gasteiger partial charge in [-0.3, -0.25) is 0 Å². The van der Waals surface area contributed by atoms with Crippen molar-refractivity contribution in [1.29, 1.82) is 0 Å². The lowest BCUT2D eigenvalue weighted by molar-refractivity contribution is 0.602. The van der Waals surface area contributed by atoms with Crippen LogP contribution in [-0.4, -0.2) is 24.5 Å². The second-order valence-corrected chi connectivity index (χ2v) is 7.03. The van der Waals surface area contributed by atoms with Crippen LogP contribution in [0.1, 0.15) is 5.56 Å². The molecule has 0 unspecified atom stereocenters. The summed E-state index contributed by atoms with van der Waals surface area (Å²) in [4.78, 5) is 17.7. The SMILES string of the molecule is Nc1ncn(Cc2c(Cl)cccc2Cl)c2nc(-c3ccc4ocnc4c3)nc1-2. The van der Waals surface area contributed by atoms with Crippen LogP contribution < -0.4 is 5.73 Å². The maximum absolute atomic E-state index is 6.31. The average Bonchev–Trinajstić information content (AvgIpc) is 3.33. The molecular formula is C19H12Cl2N6O. The molecule has 3 aromatic rings. The smallest absolute Gasteiger partial charge is 0.181 e. The monoisotopic (exact) mass is 410 g/mol. The van der Waals surface area contributed by atoms with Crippen molar-refractivity contribution in [3.8, 4) is 22.9 Å². The predicted molar refractivity (Wildman–Crippen MR) is 107 cm³/mol. The summed E-state index contributed by atoms with van der Waals surface area (Å²) in [6.07, 6.45) is 3.01. The molecule has 0 bridgehead atoms. The normalized spacial score (nSPS) is 11.5. The quantitative estimate of drug-likeness (QED) is 0.469. The van der Waals surface area contributed by atoms with Gasteiger partial charge in [0.2, 0.25) is 0 Å². The molecule has 2 aliphatic heterocycles. The van der Waals surface area contributed by atoms with Crippen LogP contribution in [-0.2, 0) is 6.54 Å². The third kappa shape index (κ3) is 2.76. The van der Waals surface area contributed by atoms with E-state index in [0.717, 1.165) is 16.6 Å². The number of hydrogen-bond acceptors (Lipinski definition) is 6. The Balaban J connectivity index is 1.63. The second kappa shape index (κ2) is 6.47. The van der Waals surface area contributed by atoms with Gasteiger partial charge in [0.05, 0.1) is 12.9 Å². The van der Waals surface area contributed by atoms with Crippen LogP contribution in [0.2, 0.25) is 10.0 Å². The molecule has 7 nitrogen and oxygen atoms in total. The molecule has 3 heterocycles. The maximum Gasteiger partial charge on any atom is 0.181 e. The van der Waals surface area contributed by atoms with E-state index in [0.29, 0.717) is 45.3 Å². The van der Waals surface area contributed by atoms with Gasteiger partial charge in [0.1, 0.15) is 5.52 Å². The summed E-state index contributed by atoms with van der Waals surface area (Å²) >= 11 is 12.6. The molecule has 9 heteroatoms. The van der Waals surface area contributed by atoms with Crippen molar-refractivity contribution in [3.05, 3.63) is 64.7 Å². The Hall–Kier alpha value is -3.16. The number of nitrogens with zero attached hydrogens (tertiary/aromatic N) is 5. The lowest BCUT2D eigenvalue weighted by Gasteiger charge is -2.13. The lowest BCUT2D eigenvalue weighted by atomic mass is 10.2. The molecule has 0 saturated carbocycles. The van der Waals surface area contributed by atoms with Gasteiger partial charge in [-0.15, -0.1) is 0 Å². The van der Waals surface area contributed by atoms with Crippen molar-refractivity contribution < 1.29 is 4.42 Å². The Morgan fingerprint density at radius 3 is 2.68 bits per heavy atom. The largest absolute Gasteiger partial charge is 0.443 e. The van der Waals surface area contributed by atoms with Crippen LogP contribution in [0.25, 0.3) is 34.0 Å². The predicted octanol–water partition coefficient (Wildman–Crippen LogP) is 4.52. The van der Waals surface area contributed by atoms with E-state index in [-0.39, 0.29) is 0 Å². The Kier molecular flexibility index (Phi) is 3.92. The number of oxazole rings is 1. The summed E-state index contributed by atoms with van der Waals surface area (Å²) in [6.45, 7) is 0.392. The van der Waals surface area contributed by atoms with E-state index in [2.05, 4.69) is 19.9 Å². The zero-order valence-corrected chi connectivity index (χ0v) is 15.8. The zero-order valence-electron chi connectivity index (χ0n) is 14.3. The van der Waals surface area contributed by atoms with Crippen molar-refractivity contribution in [3.63, 3.8) is 0 Å². The Bertz CT molecular complexity index is 1270. The van der Waals surface area contributed by atoms with E-state index in [1.807, 2.05) is 22.8 Å². The average molecular weight is 411 g/mol. The summed E-state index contributed by atoms with van der Waals surface area (Å²) in [5.74, 6) is 1.43. The van der Waals surface area contributed by atoms with Gasteiger partial charge in [0.25, 0.3) is 0 Å². The molecule has 0 spiro atoms. The van der Waals surface area contributed by atoms with Crippen molar-refractivity contribution >= 4 is 40.1 Å². The standard InChI is InChI=1S/C19H12Cl2N6O/c20-12-2-1-3-13(21)11(12)7-27-8-23-17(22)16-19(27)26-18(25-16)10-4-5-15-14(6-10)24-9-28-15/h1-6,8-9H,7,22H2. The summed E-state index contributed by atoms with van der Waals surface area (Å²) in [7, 11) is 0. The van der Waals surface area contributed by atoms with Gasteiger partial charge in [-0.1, -0.05) is 29.3 Å². The van der Waals surface area contributed by atoms with Crippen molar-refractivity contribution in [1.82, 2.24) is 24.5 Å². The summed E-state index contributed by atoms with van der Waals surface area (Å²) in [5, 5.41) is 1.14. The number of nitrogen functional groups attached to an aromatic ring is 1. The van der Waals surface area contributed by atoms with E-state index in [4.69, 9.17) is 33.4 Å². The van der Waals surface area contributed by atoms with Crippen LogP contribution in [0.3, 0.4) is 0 Å². The van der Waals surface area contributed by atoms with E-state index >= 15 is 0 Å². The summed E-state index contributed by atoms with van der Waals surface area (Å²) in [6, 6.07) is 11.0. The minimum Gasteiger partial charge on any atom is -0.443 e. The van der Waals surface area contributed by atoms with Crippen LogP contribution in [0.15, 0.2) is 53.5 Å². The minimum absolute atomic E-state index is 0.303. The first kappa shape index (κ1) is 17.0. The summed E-state index contributed by atoms with van der Waals surface area (Å²) < 4.78 is 7.11. The van der Waals surface area contributed by atoms with E-state index in [1.54, 1.807) is 24.5 Å². The molecule has 1 aromatic heterocycles. The van der Waals surface area contributed by atoms with Crippen LogP contribution >= 0.6 is 23.2 Å². The molecule has 2 N–H and O–H groups in total. The lowest BCUT2D eigenvalue weighted by Crippen LogP contribution is -2.09. The number of benzene rings is 2. The first-order valence-corrected chi connectivity index (χ1v) is 9.10. The van der Waals surface area contributed by atoms with Gasteiger partial charge in [0.15, 0.2) is 35.1 Å². The topological polar surface area (TPSA) is 95.7 Å². The fourth-order valence-electron chi connectivity index (χ4n) is 3.05. The molecule has 0 radical (unpaired) electrons. The number of hydrogen-bond donors (Lipinski definition) is 1. The van der Waals surface area contributed by atoms with Crippen molar-refractivity contribution in [2.45, 2.75) is 6.54 Å². The van der Waals surface area contributed by atoms with Crippen molar-refractivity contribution in [2.75, 3.05) is 5.73 Å². The number of halogens is 2. The first-order valence-electron chi connectivity index (χ1n) is 8.35. The number of anilines is 1. The van der Waals surface area contributed by atoms with Gasteiger partial charge in [0, 0.05) is 21.2 Å². The van der Waals surface area contributed by atoms with Gasteiger partial charge in [-0.2, -0.15) is 0 Å². The molecular weight excluding hydrogens is 399 g/mol. The number of nitrogens with two attached hydrogens (primary N) is 1. The highest BCUT2D eigenvalue weighted by Crippen LogP contribution is 2.31. The fourth-order valence-corrected chi connectivity index (χ4v) is 3.57. The van der Waals surface area contributed by atoms with Crippen LogP contribution in [0.5, 0.6) is 0 Å². The van der Waals surface area contributed by atoms with Crippen LogP contribution in [0, 0.1) is 0 Å². The summed E-state index contributed by atoms with van der Waals surface area (Å²) in [5.41, 5.74) is 9.56. The molecule has 0 fully saturated rings. The Morgan fingerprint density at radius 2 is 1.86 bits per heavy atom. The first-order chi connectivity index (χ1) is 13.6. The number of imidazole rings is 1. The highest BCUT2D eigenvalue weighted by molar-refractivity contribution is 6.36. The molecule has 0 amide bonds. The van der Waals surface area contributed by atoms with Crippen LogP contribution in [0.4, 0.5) is 5.82 Å². The number of aromatic nitrogens is 5. The molecule has 0 saturated heterocycles. The second-order valence-electron chi connectivity index (χ2n) is 6.21. The maximum atomic E-state index is 6.31. The third-order valence-electron chi connectivity index (χ3n) is 4.47. The Labute approximate surface area is 169 Å². The van der Waals surface area contributed by atoms with Crippen molar-refractivity contribution in [2.24, 2.45) is 0 Å². The van der Waals surface area contributed by atoms with Gasteiger partial charge in [-0.25, -0.2) is 19.9 Å². The number of rotatable bonds is 3. The molecule has 2 aliphatic rings. The Morgan fingerprint density at radius 1 is 1.04 bits per heavy atom. The molecule has 5 rings (SSSR count). The van der Waals surface area contributed by atoms with E-state index in [1.165, 1.54) is 6.39 Å². The number of fused-ring (bicyclic) bond motifs is 2. The highest BCUT2D eigenvalue weighted by atomic mass is 35.5. The highest BCUT2D eigenvalue weighted by Gasteiger charge is 2.21. The molecule has 0 aliphatic carbocycles. The van der Waals surface area contributed by atoms with Gasteiger partial charge >= 0.3 is 0 Å². The van der Waals surface area contributed by atoms with Gasteiger partial charge < -0.3 is 14.7 Å². The fraction of sp³-hybridized carbons (Fsp3) is 0.0526. The minimum atomic E-state index is 0.303. The molecule has 0 atom stereocenters. The van der Waals surface area contributed by atoms with E-state index in [9.17, 15) is 0 Å². The van der Waals surface area contributed by atoms with E-state index < -0.39 is 0 Å².